The number of unbranched alkanes of at least 4 members (excludes halogenated alkanes) is 1. The normalized spacial score (nSPS) is 10.9. The molecule has 6 nitrogen and oxygen atoms in total. The van der Waals surface area contributed by atoms with E-state index in [4.69, 9.17) is 16.6 Å². The van der Waals surface area contributed by atoms with Crippen LogP contribution in [-0.2, 0) is 4.79 Å². The maximum Gasteiger partial charge on any atom is 0.320 e. The van der Waals surface area contributed by atoms with Gasteiger partial charge in [-0.25, -0.2) is 0 Å². The van der Waals surface area contributed by atoms with E-state index in [9.17, 15) is 4.79 Å². The van der Waals surface area contributed by atoms with Crippen molar-refractivity contribution in [2.24, 2.45) is 16.5 Å². The van der Waals surface area contributed by atoms with Gasteiger partial charge in [0.2, 0.25) is 0 Å². The molecule has 0 aromatic carbocycles. The first-order valence-corrected chi connectivity index (χ1v) is 5.53. The van der Waals surface area contributed by atoms with Crippen LogP contribution in [0.5, 0.6) is 0 Å². The van der Waals surface area contributed by atoms with E-state index in [-0.39, 0.29) is 5.96 Å². The fraction of sp³-hybridized carbons (Fsp3) is 0.800. The highest BCUT2D eigenvalue weighted by Gasteiger charge is 2.13. The Morgan fingerprint density at radius 2 is 1.94 bits per heavy atom. The van der Waals surface area contributed by atoms with Crippen molar-refractivity contribution in [1.29, 1.82) is 0 Å². The second kappa shape index (κ2) is 11.8. The molecular formula is C10H24N4O2. The van der Waals surface area contributed by atoms with Crippen LogP contribution in [0.1, 0.15) is 33.1 Å². The molecule has 96 valence electrons. The van der Waals surface area contributed by atoms with Gasteiger partial charge in [-0.1, -0.05) is 13.8 Å². The summed E-state index contributed by atoms with van der Waals surface area (Å²) in [6.45, 7) is 4.55. The van der Waals surface area contributed by atoms with Crippen molar-refractivity contribution >= 4 is 11.9 Å². The minimum Gasteiger partial charge on any atom is -0.480 e. The minimum absolute atomic E-state index is 0.0772. The third-order valence-corrected chi connectivity index (χ3v) is 1.84. The number of nitrogens with two attached hydrogens (primary N) is 2. The topological polar surface area (TPSA) is 114 Å². The van der Waals surface area contributed by atoms with Gasteiger partial charge in [0.25, 0.3) is 0 Å². The number of carboxylic acid groups (broad SMARTS) is 1. The zero-order valence-electron chi connectivity index (χ0n) is 10.4. The second-order valence-corrected chi connectivity index (χ2v) is 2.98. The van der Waals surface area contributed by atoms with Crippen LogP contribution in [0.3, 0.4) is 0 Å². The van der Waals surface area contributed by atoms with E-state index >= 15 is 0 Å². The molecule has 0 aromatic heterocycles. The molecule has 0 radical (unpaired) electrons. The summed E-state index contributed by atoms with van der Waals surface area (Å²) in [7, 11) is 1.63. The van der Waals surface area contributed by atoms with Crippen LogP contribution in [0.15, 0.2) is 4.99 Å². The van der Waals surface area contributed by atoms with Gasteiger partial charge in [0.15, 0.2) is 5.96 Å². The summed E-state index contributed by atoms with van der Waals surface area (Å²) in [5.41, 5.74) is 10.3. The van der Waals surface area contributed by atoms with Gasteiger partial charge in [0.1, 0.15) is 6.04 Å². The largest absolute Gasteiger partial charge is 0.480 e. The van der Waals surface area contributed by atoms with Crippen molar-refractivity contribution in [3.63, 3.8) is 0 Å². The summed E-state index contributed by atoms with van der Waals surface area (Å²) < 4.78 is 0. The second-order valence-electron chi connectivity index (χ2n) is 2.98. The van der Waals surface area contributed by atoms with Crippen molar-refractivity contribution in [3.05, 3.63) is 0 Å². The number of rotatable bonds is 7. The first kappa shape index (κ1) is 17.1. The van der Waals surface area contributed by atoms with E-state index in [1.54, 1.807) is 7.05 Å². The third-order valence-electron chi connectivity index (χ3n) is 1.84. The predicted octanol–water partition coefficient (Wildman–Crippen LogP) is 0.129. The zero-order chi connectivity index (χ0) is 13.0. The summed E-state index contributed by atoms with van der Waals surface area (Å²) in [6.07, 6.45) is 2.17. The van der Waals surface area contributed by atoms with Crippen LogP contribution >= 0.6 is 0 Å². The van der Waals surface area contributed by atoms with Crippen LogP contribution in [0.4, 0.5) is 0 Å². The molecular weight excluding hydrogens is 208 g/mol. The zero-order valence-corrected chi connectivity index (χ0v) is 10.4. The Balaban J connectivity index is 0. The Labute approximate surface area is 97.1 Å². The van der Waals surface area contributed by atoms with Crippen LogP contribution in [-0.4, -0.2) is 36.7 Å². The summed E-state index contributed by atoms with van der Waals surface area (Å²) in [6, 6.07) is -0.478. The monoisotopic (exact) mass is 232 g/mol. The fourth-order valence-corrected chi connectivity index (χ4v) is 1.06. The van der Waals surface area contributed by atoms with Gasteiger partial charge >= 0.3 is 5.97 Å². The Bertz CT molecular complexity index is 203. The lowest BCUT2D eigenvalue weighted by Gasteiger charge is -2.09. The highest BCUT2D eigenvalue weighted by atomic mass is 16.4. The van der Waals surface area contributed by atoms with Gasteiger partial charge < -0.3 is 21.9 Å². The van der Waals surface area contributed by atoms with Gasteiger partial charge in [-0.3, -0.25) is 9.79 Å². The fourth-order valence-electron chi connectivity index (χ4n) is 1.06. The average molecular weight is 232 g/mol. The molecule has 0 saturated carbocycles. The maximum absolute atomic E-state index is 10.6. The van der Waals surface area contributed by atoms with Crippen LogP contribution < -0.4 is 16.8 Å². The minimum atomic E-state index is -0.825. The quantitative estimate of drug-likeness (QED) is 0.283. The molecule has 0 spiro atoms. The average Bonchev–Trinajstić information content (AvgIpc) is 2.25. The number of nitrogens with zero attached hydrogens (tertiary/aromatic N) is 1. The molecule has 0 aliphatic heterocycles. The van der Waals surface area contributed by atoms with E-state index < -0.39 is 12.0 Å². The van der Waals surface area contributed by atoms with Crippen LogP contribution in [0.2, 0.25) is 0 Å². The van der Waals surface area contributed by atoms with Crippen molar-refractivity contribution in [3.8, 4) is 0 Å². The van der Waals surface area contributed by atoms with Gasteiger partial charge in [0, 0.05) is 6.54 Å². The first-order chi connectivity index (χ1) is 7.57. The standard InChI is InChI=1S/C8H18N4O2.C2H6/c1-11-6(7(13)14)4-2-3-5-12-8(9)10;1-2/h6,11H,2-5H2,1H3,(H,13,14)(H4,9,10,12);1-2H3. The van der Waals surface area contributed by atoms with Crippen LogP contribution in [0.25, 0.3) is 0 Å². The lowest BCUT2D eigenvalue weighted by atomic mass is 10.1. The van der Waals surface area contributed by atoms with Gasteiger partial charge in [-0.15, -0.1) is 0 Å². The van der Waals surface area contributed by atoms with E-state index in [1.807, 2.05) is 13.8 Å². The molecule has 6 N–H and O–H groups in total. The molecule has 0 bridgehead atoms. The van der Waals surface area contributed by atoms with Crippen molar-refractivity contribution in [2.75, 3.05) is 13.6 Å². The third kappa shape index (κ3) is 10.8. The Morgan fingerprint density at radius 3 is 2.31 bits per heavy atom. The number of hydrogen-bond donors (Lipinski definition) is 4. The lowest BCUT2D eigenvalue weighted by molar-refractivity contribution is -0.139. The molecule has 1 atom stereocenters. The molecule has 6 heteroatoms. The highest BCUT2D eigenvalue weighted by molar-refractivity contribution is 5.75. The van der Waals surface area contributed by atoms with Crippen molar-refractivity contribution in [1.82, 2.24) is 5.32 Å². The molecule has 0 rings (SSSR count). The molecule has 0 aliphatic carbocycles. The van der Waals surface area contributed by atoms with E-state index in [1.165, 1.54) is 0 Å². The molecule has 0 aromatic rings. The molecule has 16 heavy (non-hydrogen) atoms. The van der Waals surface area contributed by atoms with Gasteiger partial charge in [-0.05, 0) is 26.3 Å². The Hall–Kier alpha value is -1.30. The first-order valence-electron chi connectivity index (χ1n) is 5.53. The van der Waals surface area contributed by atoms with Crippen LogP contribution in [0, 0.1) is 0 Å². The number of likely N-dealkylation sites (N-methyl/N-ethyl adjacent to an activating group) is 1. The van der Waals surface area contributed by atoms with Crippen molar-refractivity contribution < 1.29 is 9.90 Å². The molecule has 0 amide bonds. The van der Waals surface area contributed by atoms with Gasteiger partial charge in [0.05, 0.1) is 0 Å². The van der Waals surface area contributed by atoms with Crippen molar-refractivity contribution in [2.45, 2.75) is 39.2 Å². The number of carboxylic acids is 1. The summed E-state index contributed by atoms with van der Waals surface area (Å²) in [4.78, 5) is 14.4. The van der Waals surface area contributed by atoms with E-state index in [2.05, 4.69) is 10.3 Å². The molecule has 0 saturated heterocycles. The number of aliphatic imine (C=N–C) groups is 1. The Kier molecular flexibility index (Phi) is 12.6. The maximum atomic E-state index is 10.6. The molecule has 1 unspecified atom stereocenters. The number of carbonyl (C=O) groups is 1. The number of nitrogens with one attached hydrogen (secondary N) is 1. The molecule has 0 fully saturated rings. The molecule has 0 heterocycles. The molecule has 0 aliphatic rings. The lowest BCUT2D eigenvalue weighted by Crippen LogP contribution is -2.33. The van der Waals surface area contributed by atoms with E-state index in [0.29, 0.717) is 13.0 Å². The number of hydrogen-bond acceptors (Lipinski definition) is 3. The number of guanidine groups is 1. The predicted molar refractivity (Wildman–Crippen MR) is 66.4 cm³/mol. The summed E-state index contributed by atoms with van der Waals surface area (Å²) >= 11 is 0. The van der Waals surface area contributed by atoms with E-state index in [0.717, 1.165) is 12.8 Å². The SMILES string of the molecule is CC.CNC(CCCCN=C(N)N)C(=O)O. The Morgan fingerprint density at radius 1 is 1.38 bits per heavy atom. The number of aliphatic carboxylic acids is 1. The smallest absolute Gasteiger partial charge is 0.320 e. The summed E-state index contributed by atoms with van der Waals surface area (Å²) in [5.74, 6) is -0.747. The highest BCUT2D eigenvalue weighted by Crippen LogP contribution is 2.00. The van der Waals surface area contributed by atoms with Gasteiger partial charge in [-0.2, -0.15) is 0 Å². The summed E-state index contributed by atoms with van der Waals surface area (Å²) in [5, 5.41) is 11.4.